The summed E-state index contributed by atoms with van der Waals surface area (Å²) in [5.74, 6) is 0.0685. The molecule has 3 heterocycles. The fourth-order valence-corrected chi connectivity index (χ4v) is 4.19. The Morgan fingerprint density at radius 1 is 1.28 bits per heavy atom. The molecule has 0 radical (unpaired) electrons. The molecule has 0 unspecified atom stereocenters. The SMILES string of the molecule is CC(=O)N1CC2(CCN(C(=O)Cn3cccn3)CC2)C[C@@H](O)C1(C)C. The van der Waals surface area contributed by atoms with Gasteiger partial charge in [0.05, 0.1) is 11.6 Å². The van der Waals surface area contributed by atoms with Gasteiger partial charge in [-0.25, -0.2) is 0 Å². The molecule has 2 amide bonds. The highest BCUT2D eigenvalue weighted by Crippen LogP contribution is 2.45. The summed E-state index contributed by atoms with van der Waals surface area (Å²) in [6.45, 7) is 7.67. The molecular weight excluding hydrogens is 320 g/mol. The summed E-state index contributed by atoms with van der Waals surface area (Å²) in [5, 5.41) is 14.7. The summed E-state index contributed by atoms with van der Waals surface area (Å²) in [7, 11) is 0. The van der Waals surface area contributed by atoms with Crippen LogP contribution in [-0.2, 0) is 16.1 Å². The van der Waals surface area contributed by atoms with Crippen LogP contribution < -0.4 is 0 Å². The molecule has 3 rings (SSSR count). The van der Waals surface area contributed by atoms with E-state index in [4.69, 9.17) is 0 Å². The molecule has 2 aliphatic rings. The van der Waals surface area contributed by atoms with Crippen LogP contribution >= 0.6 is 0 Å². The fourth-order valence-electron chi connectivity index (χ4n) is 4.19. The molecule has 2 saturated heterocycles. The van der Waals surface area contributed by atoms with E-state index in [1.807, 2.05) is 23.6 Å². The quantitative estimate of drug-likeness (QED) is 0.861. The van der Waals surface area contributed by atoms with Crippen molar-refractivity contribution in [2.45, 2.75) is 58.2 Å². The lowest BCUT2D eigenvalue weighted by Gasteiger charge is -2.55. The molecule has 25 heavy (non-hydrogen) atoms. The number of hydrogen-bond donors (Lipinski definition) is 1. The van der Waals surface area contributed by atoms with E-state index in [0.717, 1.165) is 12.8 Å². The molecule has 2 fully saturated rings. The number of likely N-dealkylation sites (tertiary alicyclic amines) is 2. The van der Waals surface area contributed by atoms with Crippen molar-refractivity contribution in [2.75, 3.05) is 19.6 Å². The van der Waals surface area contributed by atoms with Crippen LogP contribution in [0.5, 0.6) is 0 Å². The minimum absolute atomic E-state index is 0.000290. The van der Waals surface area contributed by atoms with Crippen LogP contribution in [0.2, 0.25) is 0 Å². The van der Waals surface area contributed by atoms with E-state index in [1.165, 1.54) is 0 Å². The summed E-state index contributed by atoms with van der Waals surface area (Å²) in [6, 6.07) is 1.81. The molecule has 138 valence electrons. The van der Waals surface area contributed by atoms with Gasteiger partial charge in [0.25, 0.3) is 0 Å². The van der Waals surface area contributed by atoms with Gasteiger partial charge in [-0.3, -0.25) is 14.3 Å². The Balaban J connectivity index is 1.64. The van der Waals surface area contributed by atoms with Gasteiger partial charge in [-0.1, -0.05) is 0 Å². The van der Waals surface area contributed by atoms with Gasteiger partial charge in [0.1, 0.15) is 6.54 Å². The van der Waals surface area contributed by atoms with E-state index in [9.17, 15) is 14.7 Å². The van der Waals surface area contributed by atoms with E-state index >= 15 is 0 Å². The third-order valence-corrected chi connectivity index (χ3v) is 6.04. The van der Waals surface area contributed by atoms with E-state index in [-0.39, 0.29) is 23.8 Å². The predicted octanol–water partition coefficient (Wildman–Crippen LogP) is 0.884. The van der Waals surface area contributed by atoms with Gasteiger partial charge in [-0.15, -0.1) is 0 Å². The van der Waals surface area contributed by atoms with Gasteiger partial charge in [-0.05, 0) is 44.6 Å². The topological polar surface area (TPSA) is 78.7 Å². The first-order chi connectivity index (χ1) is 11.7. The van der Waals surface area contributed by atoms with Crippen LogP contribution in [0.3, 0.4) is 0 Å². The zero-order valence-electron chi connectivity index (χ0n) is 15.3. The van der Waals surface area contributed by atoms with E-state index in [0.29, 0.717) is 26.1 Å². The highest BCUT2D eigenvalue weighted by Gasteiger charge is 2.50. The van der Waals surface area contributed by atoms with Gasteiger partial charge in [0.2, 0.25) is 11.8 Å². The smallest absolute Gasteiger partial charge is 0.244 e. The molecule has 1 aromatic heterocycles. The van der Waals surface area contributed by atoms with Crippen molar-refractivity contribution >= 4 is 11.8 Å². The van der Waals surface area contributed by atoms with Crippen LogP contribution in [0.1, 0.15) is 40.0 Å². The Morgan fingerprint density at radius 3 is 2.52 bits per heavy atom. The zero-order valence-corrected chi connectivity index (χ0v) is 15.3. The van der Waals surface area contributed by atoms with Gasteiger partial charge in [0.15, 0.2) is 0 Å². The van der Waals surface area contributed by atoms with Crippen LogP contribution in [0.4, 0.5) is 0 Å². The number of carbonyl (C=O) groups is 2. The monoisotopic (exact) mass is 348 g/mol. The minimum atomic E-state index is -0.545. The van der Waals surface area contributed by atoms with E-state index in [2.05, 4.69) is 5.10 Å². The summed E-state index contributed by atoms with van der Waals surface area (Å²) in [4.78, 5) is 28.2. The Morgan fingerprint density at radius 2 is 1.96 bits per heavy atom. The van der Waals surface area contributed by atoms with Crippen molar-refractivity contribution < 1.29 is 14.7 Å². The van der Waals surface area contributed by atoms with Crippen LogP contribution in [0, 0.1) is 5.41 Å². The molecule has 0 aliphatic carbocycles. The van der Waals surface area contributed by atoms with Crippen molar-refractivity contribution in [3.8, 4) is 0 Å². The number of rotatable bonds is 2. The first-order valence-electron chi connectivity index (χ1n) is 8.95. The number of aliphatic hydroxyl groups excluding tert-OH is 1. The van der Waals surface area contributed by atoms with Gasteiger partial charge < -0.3 is 14.9 Å². The second kappa shape index (κ2) is 6.44. The summed E-state index contributed by atoms with van der Waals surface area (Å²) in [6.07, 6.45) is 5.22. The molecule has 7 heteroatoms. The fraction of sp³-hybridized carbons (Fsp3) is 0.722. The molecule has 0 saturated carbocycles. The molecule has 1 atom stereocenters. The average molecular weight is 348 g/mol. The first-order valence-corrected chi connectivity index (χ1v) is 8.95. The predicted molar refractivity (Wildman–Crippen MR) is 92.6 cm³/mol. The lowest BCUT2D eigenvalue weighted by atomic mass is 9.67. The first kappa shape index (κ1) is 17.9. The maximum absolute atomic E-state index is 12.4. The number of hydrogen-bond acceptors (Lipinski definition) is 4. The van der Waals surface area contributed by atoms with Crippen molar-refractivity contribution in [1.29, 1.82) is 0 Å². The number of piperidine rings is 2. The Hall–Kier alpha value is -1.89. The molecule has 0 bridgehead atoms. The number of aromatic nitrogens is 2. The van der Waals surface area contributed by atoms with Crippen molar-refractivity contribution in [2.24, 2.45) is 5.41 Å². The molecule has 1 spiro atoms. The molecule has 0 aromatic carbocycles. The number of carbonyl (C=O) groups excluding carboxylic acids is 2. The second-order valence-electron chi connectivity index (χ2n) is 8.06. The molecule has 1 aromatic rings. The number of aliphatic hydroxyl groups is 1. The second-order valence-corrected chi connectivity index (χ2v) is 8.06. The highest BCUT2D eigenvalue weighted by molar-refractivity contribution is 5.76. The third kappa shape index (κ3) is 3.42. The Labute approximate surface area is 148 Å². The third-order valence-electron chi connectivity index (χ3n) is 6.04. The summed E-state index contributed by atoms with van der Waals surface area (Å²) >= 11 is 0. The van der Waals surface area contributed by atoms with Crippen LogP contribution in [0.15, 0.2) is 18.5 Å². The molecule has 1 N–H and O–H groups in total. The van der Waals surface area contributed by atoms with Gasteiger partial charge >= 0.3 is 0 Å². The number of nitrogens with zero attached hydrogens (tertiary/aromatic N) is 4. The molecule has 7 nitrogen and oxygen atoms in total. The summed E-state index contributed by atoms with van der Waals surface area (Å²) < 4.78 is 1.64. The Kier molecular flexibility index (Phi) is 4.62. The van der Waals surface area contributed by atoms with Gasteiger partial charge in [0, 0.05) is 39.0 Å². The lowest BCUT2D eigenvalue weighted by molar-refractivity contribution is -0.159. The Bertz CT molecular complexity index is 633. The zero-order chi connectivity index (χ0) is 18.2. The van der Waals surface area contributed by atoms with Crippen molar-refractivity contribution in [1.82, 2.24) is 19.6 Å². The van der Waals surface area contributed by atoms with E-state index < -0.39 is 11.6 Å². The van der Waals surface area contributed by atoms with Crippen molar-refractivity contribution in [3.05, 3.63) is 18.5 Å². The van der Waals surface area contributed by atoms with E-state index in [1.54, 1.807) is 30.1 Å². The van der Waals surface area contributed by atoms with Crippen molar-refractivity contribution in [3.63, 3.8) is 0 Å². The maximum Gasteiger partial charge on any atom is 0.244 e. The normalized spacial score (nSPS) is 25.2. The maximum atomic E-state index is 12.4. The average Bonchev–Trinajstić information content (AvgIpc) is 3.04. The molecular formula is C18H28N4O3. The van der Waals surface area contributed by atoms with Crippen LogP contribution in [0.25, 0.3) is 0 Å². The van der Waals surface area contributed by atoms with Crippen LogP contribution in [-0.4, -0.2) is 67.8 Å². The highest BCUT2D eigenvalue weighted by atomic mass is 16.3. The largest absolute Gasteiger partial charge is 0.391 e. The standard InChI is InChI=1S/C18H28N4O3/c1-14(23)22-13-18(11-15(24)17(22,2)3)5-9-20(10-6-18)16(25)12-21-8-4-7-19-21/h4,7-8,15,24H,5-6,9-13H2,1-3H3/t15-/m1/s1. The minimum Gasteiger partial charge on any atom is -0.391 e. The van der Waals surface area contributed by atoms with Gasteiger partial charge in [-0.2, -0.15) is 5.10 Å². The summed E-state index contributed by atoms with van der Waals surface area (Å²) in [5.41, 5.74) is -0.632. The lowest BCUT2D eigenvalue weighted by Crippen LogP contribution is -2.64. The molecule has 2 aliphatic heterocycles. The number of amides is 2.